The molecule has 0 aliphatic heterocycles. The summed E-state index contributed by atoms with van der Waals surface area (Å²) in [4.78, 5) is 14.3. The minimum Gasteiger partial charge on any atom is -0.477 e. The summed E-state index contributed by atoms with van der Waals surface area (Å²) in [6.07, 6.45) is 4.16. The van der Waals surface area contributed by atoms with Crippen molar-refractivity contribution in [1.29, 1.82) is 0 Å². The lowest BCUT2D eigenvalue weighted by Gasteiger charge is -2.04. The van der Waals surface area contributed by atoms with Crippen LogP contribution >= 0.6 is 0 Å². The molecule has 1 saturated carbocycles. The van der Waals surface area contributed by atoms with Gasteiger partial charge in [0, 0.05) is 6.54 Å². The zero-order valence-electron chi connectivity index (χ0n) is 7.73. The van der Waals surface area contributed by atoms with E-state index in [2.05, 4.69) is 10.3 Å². The first kappa shape index (κ1) is 8.99. The molecule has 1 aromatic heterocycles. The van der Waals surface area contributed by atoms with Crippen LogP contribution in [0.1, 0.15) is 23.3 Å². The maximum absolute atomic E-state index is 10.5. The number of nitrogens with zero attached hydrogens (tertiary/aromatic N) is 1. The summed E-state index contributed by atoms with van der Waals surface area (Å²) in [6.45, 7) is 0.966. The quantitative estimate of drug-likeness (QED) is 0.760. The van der Waals surface area contributed by atoms with Gasteiger partial charge in [-0.25, -0.2) is 9.78 Å². The second kappa shape index (κ2) is 3.65. The lowest BCUT2D eigenvalue weighted by Crippen LogP contribution is -2.05. The van der Waals surface area contributed by atoms with Crippen molar-refractivity contribution in [2.45, 2.75) is 12.8 Å². The number of pyridine rings is 1. The number of hydrogen-bond donors (Lipinski definition) is 2. The second-order valence-electron chi connectivity index (χ2n) is 3.56. The van der Waals surface area contributed by atoms with Crippen molar-refractivity contribution in [3.05, 3.63) is 24.0 Å². The van der Waals surface area contributed by atoms with Crippen molar-refractivity contribution >= 4 is 11.7 Å². The van der Waals surface area contributed by atoms with Crippen LogP contribution in [0, 0.1) is 5.92 Å². The number of carbonyl (C=O) groups is 1. The third-order valence-electron chi connectivity index (χ3n) is 2.27. The fourth-order valence-corrected chi connectivity index (χ4v) is 1.21. The molecule has 1 heterocycles. The fraction of sp³-hybridized carbons (Fsp3) is 0.400. The molecule has 0 amide bonds. The molecule has 0 aromatic carbocycles. The van der Waals surface area contributed by atoms with Gasteiger partial charge in [-0.1, -0.05) is 0 Å². The first-order valence-electron chi connectivity index (χ1n) is 4.69. The van der Waals surface area contributed by atoms with Gasteiger partial charge in [0.25, 0.3) is 0 Å². The molecule has 1 aliphatic carbocycles. The van der Waals surface area contributed by atoms with E-state index in [1.165, 1.54) is 18.9 Å². The van der Waals surface area contributed by atoms with Crippen molar-refractivity contribution in [2.75, 3.05) is 11.9 Å². The molecule has 14 heavy (non-hydrogen) atoms. The average Bonchev–Trinajstić information content (AvgIpc) is 2.99. The van der Waals surface area contributed by atoms with Gasteiger partial charge in [0.15, 0.2) is 0 Å². The van der Waals surface area contributed by atoms with Gasteiger partial charge < -0.3 is 10.4 Å². The number of rotatable bonds is 4. The highest BCUT2D eigenvalue weighted by Gasteiger charge is 2.20. The molecule has 0 saturated heterocycles. The number of nitrogens with one attached hydrogen (secondary N) is 1. The van der Waals surface area contributed by atoms with Crippen LogP contribution < -0.4 is 5.32 Å². The van der Waals surface area contributed by atoms with Gasteiger partial charge in [0.2, 0.25) is 0 Å². The molecule has 0 bridgehead atoms. The monoisotopic (exact) mass is 192 g/mol. The van der Waals surface area contributed by atoms with Gasteiger partial charge in [-0.05, 0) is 30.9 Å². The minimum atomic E-state index is -0.987. The van der Waals surface area contributed by atoms with E-state index >= 15 is 0 Å². The van der Waals surface area contributed by atoms with Crippen molar-refractivity contribution in [1.82, 2.24) is 4.98 Å². The van der Waals surface area contributed by atoms with E-state index in [-0.39, 0.29) is 5.69 Å². The Kier molecular flexibility index (Phi) is 2.35. The van der Waals surface area contributed by atoms with Gasteiger partial charge in [0.05, 0.1) is 11.9 Å². The zero-order chi connectivity index (χ0) is 9.97. The first-order valence-corrected chi connectivity index (χ1v) is 4.69. The van der Waals surface area contributed by atoms with Crippen LogP contribution in [0.5, 0.6) is 0 Å². The number of anilines is 1. The Morgan fingerprint density at radius 1 is 1.57 bits per heavy atom. The molecular formula is C10H12N2O2. The molecule has 0 unspecified atom stereocenters. The second-order valence-corrected chi connectivity index (χ2v) is 3.56. The van der Waals surface area contributed by atoms with E-state index in [0.717, 1.165) is 18.2 Å². The smallest absolute Gasteiger partial charge is 0.354 e. The molecule has 0 spiro atoms. The topological polar surface area (TPSA) is 62.2 Å². The van der Waals surface area contributed by atoms with E-state index in [1.807, 2.05) is 0 Å². The normalized spacial score (nSPS) is 15.1. The van der Waals surface area contributed by atoms with E-state index in [4.69, 9.17) is 5.11 Å². The predicted octanol–water partition coefficient (Wildman–Crippen LogP) is 1.60. The fourth-order valence-electron chi connectivity index (χ4n) is 1.21. The third-order valence-corrected chi connectivity index (χ3v) is 2.27. The van der Waals surface area contributed by atoms with Gasteiger partial charge >= 0.3 is 5.97 Å². The molecule has 0 atom stereocenters. The number of hydrogen-bond acceptors (Lipinski definition) is 3. The zero-order valence-corrected chi connectivity index (χ0v) is 7.73. The molecule has 0 radical (unpaired) electrons. The highest BCUT2D eigenvalue weighted by atomic mass is 16.4. The van der Waals surface area contributed by atoms with Crippen LogP contribution in [0.25, 0.3) is 0 Å². The third kappa shape index (κ3) is 2.22. The summed E-state index contributed by atoms with van der Waals surface area (Å²) in [6, 6.07) is 3.26. The van der Waals surface area contributed by atoms with Crippen LogP contribution in [-0.4, -0.2) is 22.6 Å². The summed E-state index contributed by atoms with van der Waals surface area (Å²) >= 11 is 0. The molecule has 1 fully saturated rings. The summed E-state index contributed by atoms with van der Waals surface area (Å²) in [7, 11) is 0. The number of carboxylic acids is 1. The van der Waals surface area contributed by atoms with Crippen molar-refractivity contribution in [3.8, 4) is 0 Å². The number of aromatic nitrogens is 1. The maximum atomic E-state index is 10.5. The summed E-state index contributed by atoms with van der Waals surface area (Å²) in [5.74, 6) is -0.187. The Morgan fingerprint density at radius 2 is 2.36 bits per heavy atom. The maximum Gasteiger partial charge on any atom is 0.354 e. The standard InChI is InChI=1S/C10H12N2O2/c13-10(14)9-4-3-8(6-12-9)11-5-7-1-2-7/h3-4,6-7,11H,1-2,5H2,(H,13,14). The Hall–Kier alpha value is -1.58. The predicted molar refractivity (Wildman–Crippen MR) is 52.4 cm³/mol. The van der Waals surface area contributed by atoms with Crippen molar-refractivity contribution in [2.24, 2.45) is 5.92 Å². The van der Waals surface area contributed by atoms with Crippen LogP contribution in [0.15, 0.2) is 18.3 Å². The van der Waals surface area contributed by atoms with Crippen molar-refractivity contribution < 1.29 is 9.90 Å². The van der Waals surface area contributed by atoms with Crippen molar-refractivity contribution in [3.63, 3.8) is 0 Å². The van der Waals surface area contributed by atoms with Crippen LogP contribution in [0.3, 0.4) is 0 Å². The molecule has 74 valence electrons. The molecular weight excluding hydrogens is 180 g/mol. The molecule has 2 N–H and O–H groups in total. The summed E-state index contributed by atoms with van der Waals surface area (Å²) in [5, 5.41) is 11.8. The van der Waals surface area contributed by atoms with Crippen LogP contribution in [0.4, 0.5) is 5.69 Å². The average molecular weight is 192 g/mol. The van der Waals surface area contributed by atoms with Crippen LogP contribution in [-0.2, 0) is 0 Å². The van der Waals surface area contributed by atoms with Gasteiger partial charge in [-0.3, -0.25) is 0 Å². The van der Waals surface area contributed by atoms with Gasteiger partial charge in [-0.2, -0.15) is 0 Å². The largest absolute Gasteiger partial charge is 0.477 e. The molecule has 1 aromatic rings. The van der Waals surface area contributed by atoms with E-state index in [9.17, 15) is 4.79 Å². The van der Waals surface area contributed by atoms with Gasteiger partial charge in [-0.15, -0.1) is 0 Å². The molecule has 4 heteroatoms. The Bertz CT molecular complexity index is 330. The van der Waals surface area contributed by atoms with E-state index in [1.54, 1.807) is 12.3 Å². The van der Waals surface area contributed by atoms with E-state index in [0.29, 0.717) is 0 Å². The van der Waals surface area contributed by atoms with E-state index < -0.39 is 5.97 Å². The summed E-state index contributed by atoms with van der Waals surface area (Å²) < 4.78 is 0. The lowest BCUT2D eigenvalue weighted by atomic mass is 10.3. The Morgan fingerprint density at radius 3 is 2.86 bits per heavy atom. The van der Waals surface area contributed by atoms with Gasteiger partial charge in [0.1, 0.15) is 5.69 Å². The highest BCUT2D eigenvalue weighted by molar-refractivity contribution is 5.85. The number of aromatic carboxylic acids is 1. The van der Waals surface area contributed by atoms with Crippen LogP contribution in [0.2, 0.25) is 0 Å². The first-order chi connectivity index (χ1) is 6.75. The molecule has 4 nitrogen and oxygen atoms in total. The molecule has 1 aliphatic rings. The lowest BCUT2D eigenvalue weighted by molar-refractivity contribution is 0.0690. The summed E-state index contributed by atoms with van der Waals surface area (Å²) in [5.41, 5.74) is 0.976. The minimum absolute atomic E-state index is 0.0852. The Labute approximate surface area is 82.0 Å². The highest BCUT2D eigenvalue weighted by Crippen LogP contribution is 2.28. The molecule has 2 rings (SSSR count). The SMILES string of the molecule is O=C(O)c1ccc(NCC2CC2)cn1. The number of carboxylic acid groups (broad SMARTS) is 1. The Balaban J connectivity index is 1.94.